The summed E-state index contributed by atoms with van der Waals surface area (Å²) in [5.41, 5.74) is 12.7. The Bertz CT molecular complexity index is 933. The van der Waals surface area contributed by atoms with Crippen molar-refractivity contribution >= 4 is 22.5 Å². The Hall–Kier alpha value is -2.32. The van der Waals surface area contributed by atoms with Crippen molar-refractivity contribution in [2.75, 3.05) is 28.2 Å². The Morgan fingerprint density at radius 1 is 0.548 bits per heavy atom. The molecule has 0 saturated heterocycles. The van der Waals surface area contributed by atoms with Gasteiger partial charge in [-0.15, -0.1) is 0 Å². The number of rotatable bonds is 3. The van der Waals surface area contributed by atoms with Crippen LogP contribution in [0.2, 0.25) is 6.82 Å². The molecule has 0 radical (unpaired) electrons. The third-order valence-corrected chi connectivity index (χ3v) is 6.10. The van der Waals surface area contributed by atoms with E-state index in [1.54, 1.807) is 0 Å². The summed E-state index contributed by atoms with van der Waals surface area (Å²) in [7, 11) is 8.50. The number of benzene rings is 3. The second-order valence-electron chi connectivity index (χ2n) is 11.0. The first-order chi connectivity index (χ1) is 14.2. The second kappa shape index (κ2) is 9.45. The molecule has 0 amide bonds. The Balaban J connectivity index is 0.000000614. The fraction of sp³-hybridized carbons (Fsp3) is 0.379. The zero-order valence-corrected chi connectivity index (χ0v) is 21.7. The zero-order chi connectivity index (χ0) is 23.6. The SMILES string of the molecule is C[N+](C)(C)C.Cc1cc(C)c([B-](C)(c2ccccc2)c2c(C)cc(C)cc2C)c(C)c1. The van der Waals surface area contributed by atoms with Gasteiger partial charge in [-0.2, -0.15) is 17.7 Å². The van der Waals surface area contributed by atoms with E-state index in [0.29, 0.717) is 0 Å². The van der Waals surface area contributed by atoms with E-state index < -0.39 is 6.15 Å². The van der Waals surface area contributed by atoms with E-state index in [1.165, 1.54) is 49.8 Å². The van der Waals surface area contributed by atoms with Crippen LogP contribution in [0, 0.1) is 41.5 Å². The Morgan fingerprint density at radius 2 is 0.839 bits per heavy atom. The lowest BCUT2D eigenvalue weighted by Gasteiger charge is -2.44. The van der Waals surface area contributed by atoms with E-state index in [-0.39, 0.29) is 0 Å². The third-order valence-electron chi connectivity index (χ3n) is 6.10. The fourth-order valence-electron chi connectivity index (χ4n) is 5.52. The smallest absolute Gasteiger partial charge is 0.0800 e. The number of aryl methyl sites for hydroxylation is 6. The number of hydrogen-bond acceptors (Lipinski definition) is 0. The van der Waals surface area contributed by atoms with Gasteiger partial charge in [0, 0.05) is 0 Å². The molecule has 0 aliphatic rings. The van der Waals surface area contributed by atoms with E-state index in [0.717, 1.165) is 4.48 Å². The van der Waals surface area contributed by atoms with E-state index in [9.17, 15) is 0 Å². The van der Waals surface area contributed by atoms with Crippen molar-refractivity contribution in [1.82, 2.24) is 0 Å². The van der Waals surface area contributed by atoms with Gasteiger partial charge in [0.1, 0.15) is 0 Å². The largest absolute Gasteiger partial charge is 0.333 e. The Labute approximate surface area is 191 Å². The van der Waals surface area contributed by atoms with Crippen LogP contribution in [-0.2, 0) is 0 Å². The summed E-state index contributed by atoms with van der Waals surface area (Å²) in [6.45, 7) is 15.9. The number of hydrogen-bond donors (Lipinski definition) is 0. The first-order valence-corrected chi connectivity index (χ1v) is 11.5. The van der Waals surface area contributed by atoms with Crippen LogP contribution in [0.3, 0.4) is 0 Å². The third kappa shape index (κ3) is 5.89. The molecular weight excluding hydrogens is 373 g/mol. The molecule has 0 aromatic heterocycles. The van der Waals surface area contributed by atoms with Crippen molar-refractivity contribution < 1.29 is 4.48 Å². The van der Waals surface area contributed by atoms with Gasteiger partial charge in [-0.3, -0.25) is 0 Å². The van der Waals surface area contributed by atoms with Crippen LogP contribution < -0.4 is 16.4 Å². The summed E-state index contributed by atoms with van der Waals surface area (Å²) in [6, 6.07) is 20.4. The van der Waals surface area contributed by atoms with Gasteiger partial charge >= 0.3 is 0 Å². The topological polar surface area (TPSA) is 0 Å². The quantitative estimate of drug-likeness (QED) is 0.419. The minimum Gasteiger partial charge on any atom is -0.333 e. The average molecular weight is 415 g/mol. The van der Waals surface area contributed by atoms with Crippen LogP contribution in [0.4, 0.5) is 0 Å². The van der Waals surface area contributed by atoms with Gasteiger partial charge in [-0.1, -0.05) is 88.0 Å². The molecule has 3 aromatic rings. The monoisotopic (exact) mass is 415 g/mol. The Morgan fingerprint density at radius 3 is 1.13 bits per heavy atom. The van der Waals surface area contributed by atoms with Crippen LogP contribution in [0.15, 0.2) is 54.6 Å². The summed E-state index contributed by atoms with van der Waals surface area (Å²) in [5.74, 6) is 0. The lowest BCUT2D eigenvalue weighted by Crippen LogP contribution is -2.67. The standard InChI is InChI=1S/C25H30B.C4H12N/c1-17-13-19(3)24(20(4)14-17)26(7,23-11-9-8-10-12-23)25-21(5)15-18(2)16-22(25)6;1-5(2,3)4/h8-16H,1-7H3;1-4H3/q-1;+1. The van der Waals surface area contributed by atoms with E-state index in [1.807, 2.05) is 0 Å². The molecule has 0 aliphatic carbocycles. The average Bonchev–Trinajstić information content (AvgIpc) is 2.59. The molecule has 166 valence electrons. The van der Waals surface area contributed by atoms with Crippen molar-refractivity contribution in [2.45, 2.75) is 48.4 Å². The minimum atomic E-state index is -1.04. The summed E-state index contributed by atoms with van der Waals surface area (Å²) in [4.78, 5) is 0. The highest BCUT2D eigenvalue weighted by molar-refractivity contribution is 7.11. The molecule has 0 atom stereocenters. The summed E-state index contributed by atoms with van der Waals surface area (Å²) in [6.07, 6.45) is -1.04. The molecule has 31 heavy (non-hydrogen) atoms. The lowest BCUT2D eigenvalue weighted by atomic mass is 9.15. The Kier molecular flexibility index (Phi) is 7.60. The van der Waals surface area contributed by atoms with Crippen molar-refractivity contribution in [1.29, 1.82) is 0 Å². The maximum absolute atomic E-state index is 2.46. The van der Waals surface area contributed by atoms with Gasteiger partial charge in [0.25, 0.3) is 0 Å². The molecule has 0 unspecified atom stereocenters. The summed E-state index contributed by atoms with van der Waals surface area (Å²) >= 11 is 0. The molecule has 1 nitrogen and oxygen atoms in total. The van der Waals surface area contributed by atoms with Gasteiger partial charge < -0.3 is 4.48 Å². The highest BCUT2D eigenvalue weighted by atomic mass is 15.2. The van der Waals surface area contributed by atoms with E-state index in [4.69, 9.17) is 0 Å². The van der Waals surface area contributed by atoms with Crippen molar-refractivity contribution in [3.8, 4) is 0 Å². The molecule has 0 saturated carbocycles. The van der Waals surface area contributed by atoms with Crippen molar-refractivity contribution in [3.63, 3.8) is 0 Å². The summed E-state index contributed by atoms with van der Waals surface area (Å²) < 4.78 is 1.00. The minimum absolute atomic E-state index is 1.00. The highest BCUT2D eigenvalue weighted by Crippen LogP contribution is 2.19. The molecule has 0 fully saturated rings. The van der Waals surface area contributed by atoms with Crippen molar-refractivity contribution in [2.24, 2.45) is 0 Å². The van der Waals surface area contributed by atoms with Crippen LogP contribution in [-0.4, -0.2) is 38.8 Å². The first kappa shape index (κ1) is 24.9. The normalized spacial score (nSPS) is 11.7. The van der Waals surface area contributed by atoms with Gasteiger partial charge in [0.05, 0.1) is 34.3 Å². The van der Waals surface area contributed by atoms with E-state index in [2.05, 4.69) is 131 Å². The van der Waals surface area contributed by atoms with Crippen LogP contribution in [0.25, 0.3) is 0 Å². The zero-order valence-electron chi connectivity index (χ0n) is 21.7. The molecule has 3 rings (SSSR count). The highest BCUT2D eigenvalue weighted by Gasteiger charge is 2.29. The van der Waals surface area contributed by atoms with Gasteiger partial charge in [0.15, 0.2) is 0 Å². The molecular formula is C29H42BN. The predicted molar refractivity (Wildman–Crippen MR) is 142 cm³/mol. The predicted octanol–water partition coefficient (Wildman–Crippen LogP) is 4.96. The van der Waals surface area contributed by atoms with Crippen LogP contribution in [0.1, 0.15) is 33.4 Å². The number of quaternary nitrogens is 1. The maximum atomic E-state index is 2.46. The maximum Gasteiger partial charge on any atom is 0.0800 e. The number of nitrogens with zero attached hydrogens (tertiary/aromatic N) is 1. The molecule has 0 bridgehead atoms. The molecule has 0 spiro atoms. The van der Waals surface area contributed by atoms with Gasteiger partial charge in [-0.05, 0) is 41.5 Å². The first-order valence-electron chi connectivity index (χ1n) is 11.5. The summed E-state index contributed by atoms with van der Waals surface area (Å²) in [5, 5.41) is 0. The molecule has 0 heterocycles. The van der Waals surface area contributed by atoms with E-state index >= 15 is 0 Å². The van der Waals surface area contributed by atoms with Crippen LogP contribution in [0.5, 0.6) is 0 Å². The van der Waals surface area contributed by atoms with Crippen molar-refractivity contribution in [3.05, 3.63) is 88.0 Å². The lowest BCUT2D eigenvalue weighted by molar-refractivity contribution is -0.849. The molecule has 3 aromatic carbocycles. The second-order valence-corrected chi connectivity index (χ2v) is 11.0. The van der Waals surface area contributed by atoms with Gasteiger partial charge in [0.2, 0.25) is 0 Å². The molecule has 0 N–H and O–H groups in total. The fourth-order valence-corrected chi connectivity index (χ4v) is 5.52. The van der Waals surface area contributed by atoms with Gasteiger partial charge in [-0.25, -0.2) is 5.46 Å². The van der Waals surface area contributed by atoms with Crippen LogP contribution >= 0.6 is 0 Å². The molecule has 2 heteroatoms. The molecule has 0 aliphatic heterocycles.